The second kappa shape index (κ2) is 2.55. The summed E-state index contributed by atoms with van der Waals surface area (Å²) < 4.78 is 0. The highest BCUT2D eigenvalue weighted by Crippen LogP contribution is 2.11. The average Bonchev–Trinajstić information content (AvgIpc) is 1.80. The first-order valence-corrected chi connectivity index (χ1v) is 3.46. The normalized spacial score (nSPS) is 9.56. The van der Waals surface area contributed by atoms with Crippen molar-refractivity contribution in [3.05, 3.63) is 23.2 Å². The SMILES string of the molecule is Nc1cc(Cl)ccc1P. The van der Waals surface area contributed by atoms with Crippen molar-refractivity contribution >= 4 is 31.8 Å². The van der Waals surface area contributed by atoms with Gasteiger partial charge in [0.15, 0.2) is 0 Å². The van der Waals surface area contributed by atoms with Gasteiger partial charge in [-0.05, 0) is 17.4 Å². The van der Waals surface area contributed by atoms with Gasteiger partial charge >= 0.3 is 0 Å². The molecule has 2 N–H and O–H groups in total. The number of benzene rings is 1. The van der Waals surface area contributed by atoms with Crippen LogP contribution in [0.25, 0.3) is 0 Å². The first-order valence-electron chi connectivity index (χ1n) is 2.50. The van der Waals surface area contributed by atoms with Gasteiger partial charge in [0.25, 0.3) is 0 Å². The Balaban J connectivity index is 3.17. The molecule has 0 heterocycles. The molecule has 1 rings (SSSR count). The van der Waals surface area contributed by atoms with E-state index in [0.717, 1.165) is 5.30 Å². The summed E-state index contributed by atoms with van der Waals surface area (Å²) in [4.78, 5) is 0. The molecular weight excluding hydrogens is 152 g/mol. The van der Waals surface area contributed by atoms with Crippen molar-refractivity contribution in [3.8, 4) is 0 Å². The third kappa shape index (κ3) is 1.57. The van der Waals surface area contributed by atoms with E-state index in [-0.39, 0.29) is 0 Å². The lowest BCUT2D eigenvalue weighted by Crippen LogP contribution is -1.99. The van der Waals surface area contributed by atoms with Gasteiger partial charge in [-0.25, -0.2) is 0 Å². The fraction of sp³-hybridized carbons (Fsp3) is 0. The number of hydrogen-bond acceptors (Lipinski definition) is 1. The Hall–Kier alpha value is -0.260. The van der Waals surface area contributed by atoms with Crippen LogP contribution >= 0.6 is 20.8 Å². The lowest BCUT2D eigenvalue weighted by molar-refractivity contribution is 1.74. The minimum absolute atomic E-state index is 0.679. The first-order chi connectivity index (χ1) is 4.20. The molecule has 0 aliphatic heterocycles. The highest BCUT2D eigenvalue weighted by molar-refractivity contribution is 7.28. The number of nitrogen functional groups attached to an aromatic ring is 1. The number of rotatable bonds is 0. The molecular formula is C6H7ClNP. The van der Waals surface area contributed by atoms with Crippen LogP contribution in [-0.4, -0.2) is 0 Å². The van der Waals surface area contributed by atoms with E-state index in [1.54, 1.807) is 12.1 Å². The predicted octanol–water partition coefficient (Wildman–Crippen LogP) is 1.42. The van der Waals surface area contributed by atoms with Gasteiger partial charge in [0.05, 0.1) is 0 Å². The largest absolute Gasteiger partial charge is 0.398 e. The van der Waals surface area contributed by atoms with Crippen LogP contribution in [0.3, 0.4) is 0 Å². The molecule has 0 spiro atoms. The van der Waals surface area contributed by atoms with Crippen LogP contribution in [0, 0.1) is 0 Å². The molecule has 0 aliphatic carbocycles. The smallest absolute Gasteiger partial charge is 0.0426 e. The number of hydrogen-bond donors (Lipinski definition) is 1. The van der Waals surface area contributed by atoms with Gasteiger partial charge in [-0.15, -0.1) is 9.24 Å². The van der Waals surface area contributed by atoms with Crippen molar-refractivity contribution in [1.29, 1.82) is 0 Å². The van der Waals surface area contributed by atoms with Gasteiger partial charge in [-0.2, -0.15) is 0 Å². The summed E-state index contributed by atoms with van der Waals surface area (Å²) in [5.41, 5.74) is 6.23. The lowest BCUT2D eigenvalue weighted by atomic mass is 10.3. The Morgan fingerprint density at radius 1 is 1.44 bits per heavy atom. The van der Waals surface area contributed by atoms with Crippen LogP contribution in [0.1, 0.15) is 0 Å². The van der Waals surface area contributed by atoms with Crippen molar-refractivity contribution in [2.45, 2.75) is 0 Å². The molecule has 0 aromatic heterocycles. The van der Waals surface area contributed by atoms with Crippen molar-refractivity contribution in [2.24, 2.45) is 0 Å². The Kier molecular flexibility index (Phi) is 1.94. The second-order valence-corrected chi connectivity index (χ2v) is 2.83. The lowest BCUT2D eigenvalue weighted by Gasteiger charge is -1.96. The van der Waals surface area contributed by atoms with Gasteiger partial charge < -0.3 is 5.73 Å². The highest BCUT2D eigenvalue weighted by Gasteiger charge is 1.91. The predicted molar refractivity (Wildman–Crippen MR) is 45.2 cm³/mol. The molecule has 1 aromatic carbocycles. The van der Waals surface area contributed by atoms with Gasteiger partial charge in [0.1, 0.15) is 0 Å². The molecule has 0 saturated heterocycles. The Labute approximate surface area is 61.4 Å². The Morgan fingerprint density at radius 3 is 2.56 bits per heavy atom. The average molecular weight is 160 g/mol. The van der Waals surface area contributed by atoms with Crippen molar-refractivity contribution in [3.63, 3.8) is 0 Å². The summed E-state index contributed by atoms with van der Waals surface area (Å²) in [7, 11) is 2.53. The third-order valence-corrected chi connectivity index (χ3v) is 1.81. The highest BCUT2D eigenvalue weighted by atomic mass is 35.5. The van der Waals surface area contributed by atoms with E-state index in [0.29, 0.717) is 10.7 Å². The number of halogens is 1. The van der Waals surface area contributed by atoms with Gasteiger partial charge in [-0.1, -0.05) is 17.7 Å². The summed E-state index contributed by atoms with van der Waals surface area (Å²) in [6.07, 6.45) is 0. The fourth-order valence-corrected chi connectivity index (χ4v) is 0.906. The maximum Gasteiger partial charge on any atom is 0.0426 e. The maximum atomic E-state index is 5.63. The Morgan fingerprint density at radius 2 is 2.11 bits per heavy atom. The Bertz CT molecular complexity index is 224. The summed E-state index contributed by atoms with van der Waals surface area (Å²) in [5, 5.41) is 1.66. The van der Waals surface area contributed by atoms with Crippen molar-refractivity contribution in [1.82, 2.24) is 0 Å². The molecule has 0 radical (unpaired) electrons. The van der Waals surface area contributed by atoms with E-state index in [4.69, 9.17) is 17.3 Å². The van der Waals surface area contributed by atoms with E-state index < -0.39 is 0 Å². The summed E-state index contributed by atoms with van der Waals surface area (Å²) in [5.74, 6) is 0. The summed E-state index contributed by atoms with van der Waals surface area (Å²) in [6.45, 7) is 0. The van der Waals surface area contributed by atoms with Crippen LogP contribution in [-0.2, 0) is 0 Å². The van der Waals surface area contributed by atoms with E-state index in [1.165, 1.54) is 0 Å². The molecule has 1 atom stereocenters. The zero-order valence-electron chi connectivity index (χ0n) is 4.76. The maximum absolute atomic E-state index is 5.63. The molecule has 1 nitrogen and oxygen atoms in total. The molecule has 0 aliphatic rings. The molecule has 0 saturated carbocycles. The number of nitrogens with two attached hydrogens (primary N) is 1. The van der Waals surface area contributed by atoms with Crippen LogP contribution in [0.2, 0.25) is 5.02 Å². The van der Waals surface area contributed by atoms with Crippen LogP contribution in [0.4, 0.5) is 5.69 Å². The monoisotopic (exact) mass is 159 g/mol. The van der Waals surface area contributed by atoms with Crippen LogP contribution in [0.15, 0.2) is 18.2 Å². The fourth-order valence-electron chi connectivity index (χ4n) is 0.546. The van der Waals surface area contributed by atoms with E-state index in [1.807, 2.05) is 6.07 Å². The molecule has 0 fully saturated rings. The van der Waals surface area contributed by atoms with Gasteiger partial charge in [0.2, 0.25) is 0 Å². The standard InChI is InChI=1S/C6H7ClNP/c7-4-1-2-6(9)5(8)3-4/h1-3H,8-9H2. The first kappa shape index (κ1) is 6.85. The molecule has 1 unspecified atom stereocenters. The van der Waals surface area contributed by atoms with Crippen molar-refractivity contribution < 1.29 is 0 Å². The zero-order chi connectivity index (χ0) is 6.85. The van der Waals surface area contributed by atoms with Crippen molar-refractivity contribution in [2.75, 3.05) is 5.73 Å². The molecule has 1 aromatic rings. The third-order valence-electron chi connectivity index (χ3n) is 1.05. The van der Waals surface area contributed by atoms with Gasteiger partial charge in [-0.3, -0.25) is 0 Å². The van der Waals surface area contributed by atoms with E-state index in [2.05, 4.69) is 9.24 Å². The molecule has 3 heteroatoms. The summed E-state index contributed by atoms with van der Waals surface area (Å²) >= 11 is 5.63. The number of anilines is 1. The molecule has 9 heavy (non-hydrogen) atoms. The minimum Gasteiger partial charge on any atom is -0.398 e. The van der Waals surface area contributed by atoms with Crippen LogP contribution < -0.4 is 11.0 Å². The van der Waals surface area contributed by atoms with Crippen LogP contribution in [0.5, 0.6) is 0 Å². The second-order valence-electron chi connectivity index (χ2n) is 1.77. The minimum atomic E-state index is 0.679. The molecule has 0 bridgehead atoms. The van der Waals surface area contributed by atoms with Gasteiger partial charge in [0, 0.05) is 10.7 Å². The quantitative estimate of drug-likeness (QED) is 0.450. The van der Waals surface area contributed by atoms with E-state index in [9.17, 15) is 0 Å². The zero-order valence-corrected chi connectivity index (χ0v) is 6.68. The molecule has 48 valence electrons. The summed E-state index contributed by atoms with van der Waals surface area (Å²) in [6, 6.07) is 5.40. The molecule has 0 amide bonds. The topological polar surface area (TPSA) is 26.0 Å². The van der Waals surface area contributed by atoms with E-state index >= 15 is 0 Å².